The van der Waals surface area contributed by atoms with Crippen LogP contribution in [0.4, 0.5) is 5.69 Å². The van der Waals surface area contributed by atoms with Crippen LogP contribution in [0.1, 0.15) is 34.0 Å². The highest BCUT2D eigenvalue weighted by Crippen LogP contribution is 2.25. The zero-order valence-electron chi connectivity index (χ0n) is 16.9. The number of hydrogen-bond acceptors (Lipinski definition) is 2. The summed E-state index contributed by atoms with van der Waals surface area (Å²) in [5.74, 6) is 0.543. The van der Waals surface area contributed by atoms with E-state index in [0.29, 0.717) is 11.4 Å². The van der Waals surface area contributed by atoms with E-state index < -0.39 is 0 Å². The summed E-state index contributed by atoms with van der Waals surface area (Å²) in [4.78, 5) is 13.3. The van der Waals surface area contributed by atoms with Gasteiger partial charge in [0, 0.05) is 18.1 Å². The number of hydrogen-bond donors (Lipinski definition) is 1. The zero-order chi connectivity index (χ0) is 20.4. The first-order valence-electron chi connectivity index (χ1n) is 9.76. The highest BCUT2D eigenvalue weighted by Gasteiger charge is 2.21. The van der Waals surface area contributed by atoms with Crippen molar-refractivity contribution in [1.82, 2.24) is 14.3 Å². The Kier molecular flexibility index (Phi) is 5.04. The lowest BCUT2D eigenvalue weighted by atomic mass is 10.1. The Bertz CT molecular complexity index is 1160. The van der Waals surface area contributed by atoms with E-state index in [0.717, 1.165) is 34.5 Å². The molecule has 2 aromatic carbocycles. The summed E-state index contributed by atoms with van der Waals surface area (Å²) < 4.78 is 3.73. The molecule has 0 aliphatic heterocycles. The summed E-state index contributed by atoms with van der Waals surface area (Å²) in [6.07, 6.45) is 6.33. The maximum atomic E-state index is 13.3. The molecule has 5 heteroatoms. The number of aryl methyl sites for hydroxylation is 3. The lowest BCUT2D eigenvalue weighted by Gasteiger charge is -2.14. The Labute approximate surface area is 170 Å². The molecule has 0 fully saturated rings. The van der Waals surface area contributed by atoms with Crippen molar-refractivity contribution in [2.24, 2.45) is 0 Å². The van der Waals surface area contributed by atoms with Crippen molar-refractivity contribution in [2.75, 3.05) is 5.32 Å². The third kappa shape index (κ3) is 3.59. The van der Waals surface area contributed by atoms with E-state index in [1.807, 2.05) is 79.3 Å². The van der Waals surface area contributed by atoms with E-state index in [1.165, 1.54) is 0 Å². The van der Waals surface area contributed by atoms with Crippen molar-refractivity contribution < 1.29 is 4.79 Å². The Morgan fingerprint density at radius 1 is 1.03 bits per heavy atom. The van der Waals surface area contributed by atoms with Gasteiger partial charge in [0.25, 0.3) is 5.91 Å². The molecule has 0 radical (unpaired) electrons. The molecule has 5 nitrogen and oxygen atoms in total. The monoisotopic (exact) mass is 384 g/mol. The quantitative estimate of drug-likeness (QED) is 0.521. The summed E-state index contributed by atoms with van der Waals surface area (Å²) in [7, 11) is 0. The first kappa shape index (κ1) is 18.7. The van der Waals surface area contributed by atoms with E-state index in [4.69, 9.17) is 0 Å². The molecule has 2 aromatic heterocycles. The Balaban J connectivity index is 1.80. The predicted octanol–water partition coefficient (Wildman–Crippen LogP) is 5.09. The van der Waals surface area contributed by atoms with Crippen molar-refractivity contribution in [3.05, 3.63) is 95.4 Å². The molecule has 2 heterocycles. The fraction of sp³-hybridized carbons (Fsp3) is 0.167. The van der Waals surface area contributed by atoms with Gasteiger partial charge in [-0.2, -0.15) is 5.10 Å². The number of rotatable bonds is 5. The molecule has 0 atom stereocenters. The van der Waals surface area contributed by atoms with Crippen LogP contribution in [0.2, 0.25) is 0 Å². The van der Waals surface area contributed by atoms with Crippen LogP contribution < -0.4 is 5.32 Å². The van der Waals surface area contributed by atoms with Crippen molar-refractivity contribution in [1.29, 1.82) is 0 Å². The van der Waals surface area contributed by atoms with Gasteiger partial charge in [-0.05, 0) is 61.2 Å². The average Bonchev–Trinajstić information content (AvgIpc) is 3.38. The minimum absolute atomic E-state index is 0.170. The van der Waals surface area contributed by atoms with E-state index in [9.17, 15) is 4.79 Å². The van der Waals surface area contributed by atoms with E-state index >= 15 is 0 Å². The van der Waals surface area contributed by atoms with Crippen LogP contribution in [0.25, 0.3) is 11.5 Å². The summed E-state index contributed by atoms with van der Waals surface area (Å²) in [5, 5.41) is 7.67. The molecule has 0 aliphatic rings. The molecular formula is C24H24N4O. The minimum atomic E-state index is -0.170. The molecule has 1 N–H and O–H groups in total. The van der Waals surface area contributed by atoms with E-state index in [1.54, 1.807) is 10.9 Å². The number of nitrogens with one attached hydrogen (secondary N) is 1. The number of para-hydroxylation sites is 1. The van der Waals surface area contributed by atoms with Gasteiger partial charge in [-0.15, -0.1) is 0 Å². The highest BCUT2D eigenvalue weighted by molar-refractivity contribution is 6.07. The third-order valence-electron chi connectivity index (χ3n) is 5.06. The van der Waals surface area contributed by atoms with Gasteiger partial charge in [0.05, 0.1) is 11.9 Å². The van der Waals surface area contributed by atoms with Crippen LogP contribution in [0.5, 0.6) is 0 Å². The average molecular weight is 384 g/mol. The second-order valence-corrected chi connectivity index (χ2v) is 7.14. The topological polar surface area (TPSA) is 51.9 Å². The van der Waals surface area contributed by atoms with Gasteiger partial charge in [-0.25, -0.2) is 4.68 Å². The molecular weight excluding hydrogens is 360 g/mol. The molecule has 1 amide bonds. The van der Waals surface area contributed by atoms with Crippen LogP contribution in [0.3, 0.4) is 0 Å². The third-order valence-corrected chi connectivity index (χ3v) is 5.06. The molecule has 4 aromatic rings. The van der Waals surface area contributed by atoms with Crippen molar-refractivity contribution in [2.45, 2.75) is 27.2 Å². The van der Waals surface area contributed by atoms with Crippen LogP contribution in [-0.4, -0.2) is 20.3 Å². The lowest BCUT2D eigenvalue weighted by molar-refractivity contribution is 0.102. The second kappa shape index (κ2) is 7.80. The Morgan fingerprint density at radius 2 is 1.79 bits per heavy atom. The van der Waals surface area contributed by atoms with Crippen LogP contribution in [0, 0.1) is 13.8 Å². The van der Waals surface area contributed by atoms with Gasteiger partial charge in [0.1, 0.15) is 5.56 Å². The van der Waals surface area contributed by atoms with Gasteiger partial charge in [0.2, 0.25) is 0 Å². The first-order valence-corrected chi connectivity index (χ1v) is 9.76. The fourth-order valence-corrected chi connectivity index (χ4v) is 3.56. The molecule has 0 spiro atoms. The van der Waals surface area contributed by atoms with Gasteiger partial charge in [-0.1, -0.05) is 37.3 Å². The summed E-state index contributed by atoms with van der Waals surface area (Å²) in [6.45, 7) is 6.14. The zero-order valence-corrected chi connectivity index (χ0v) is 16.9. The number of benzene rings is 2. The Morgan fingerprint density at radius 3 is 2.52 bits per heavy atom. The smallest absolute Gasteiger partial charge is 0.261 e. The normalized spacial score (nSPS) is 10.9. The molecule has 0 saturated carbocycles. The maximum Gasteiger partial charge on any atom is 0.261 e. The minimum Gasteiger partial charge on any atom is -0.321 e. The first-order chi connectivity index (χ1) is 14.1. The SMILES string of the molecule is CCc1cccc(C)c1NC(=O)c1cnn(-c2cccc(C)c2)c1-n1cccc1. The van der Waals surface area contributed by atoms with Crippen molar-refractivity contribution in [3.63, 3.8) is 0 Å². The van der Waals surface area contributed by atoms with E-state index in [2.05, 4.69) is 23.4 Å². The molecule has 0 unspecified atom stereocenters. The molecule has 0 bridgehead atoms. The van der Waals surface area contributed by atoms with Crippen molar-refractivity contribution in [3.8, 4) is 11.5 Å². The second-order valence-electron chi connectivity index (χ2n) is 7.14. The fourth-order valence-electron chi connectivity index (χ4n) is 3.56. The largest absolute Gasteiger partial charge is 0.321 e. The summed E-state index contributed by atoms with van der Waals surface area (Å²) >= 11 is 0. The van der Waals surface area contributed by atoms with E-state index in [-0.39, 0.29) is 5.91 Å². The molecule has 4 rings (SSSR count). The summed E-state index contributed by atoms with van der Waals surface area (Å²) in [6, 6.07) is 18.0. The Hall–Kier alpha value is -3.60. The van der Waals surface area contributed by atoms with Gasteiger partial charge >= 0.3 is 0 Å². The molecule has 146 valence electrons. The predicted molar refractivity (Wildman–Crippen MR) is 116 cm³/mol. The maximum absolute atomic E-state index is 13.3. The number of aromatic nitrogens is 3. The number of carbonyl (C=O) groups excluding carboxylic acids is 1. The lowest BCUT2D eigenvalue weighted by Crippen LogP contribution is -2.17. The van der Waals surface area contributed by atoms with Gasteiger partial charge < -0.3 is 9.88 Å². The number of anilines is 1. The molecule has 29 heavy (non-hydrogen) atoms. The van der Waals surface area contributed by atoms with Crippen LogP contribution in [0.15, 0.2) is 73.2 Å². The number of amides is 1. The van der Waals surface area contributed by atoms with Gasteiger partial charge in [-0.3, -0.25) is 4.79 Å². The molecule has 0 aliphatic carbocycles. The van der Waals surface area contributed by atoms with Crippen molar-refractivity contribution >= 4 is 11.6 Å². The van der Waals surface area contributed by atoms with Crippen LogP contribution in [-0.2, 0) is 6.42 Å². The van der Waals surface area contributed by atoms with Gasteiger partial charge in [0.15, 0.2) is 5.82 Å². The standard InChI is InChI=1S/C24H24N4O/c1-4-19-11-8-10-18(3)22(19)26-23(29)21-16-25-28(20-12-7-9-17(2)15-20)24(21)27-13-5-6-14-27/h5-16H,4H2,1-3H3,(H,26,29). The van der Waals surface area contributed by atoms with Crippen LogP contribution >= 0.6 is 0 Å². The summed E-state index contributed by atoms with van der Waals surface area (Å²) in [5.41, 5.74) is 5.61. The highest BCUT2D eigenvalue weighted by atomic mass is 16.1. The number of nitrogens with zero attached hydrogens (tertiary/aromatic N) is 3. The molecule has 0 saturated heterocycles. The number of carbonyl (C=O) groups is 1.